The van der Waals surface area contributed by atoms with Gasteiger partial charge in [-0.15, -0.1) is 0 Å². The van der Waals surface area contributed by atoms with Crippen molar-refractivity contribution in [3.8, 4) is 0 Å². The van der Waals surface area contributed by atoms with E-state index in [4.69, 9.17) is 23.2 Å². The summed E-state index contributed by atoms with van der Waals surface area (Å²) in [6.45, 7) is 1.89. The molecule has 0 saturated carbocycles. The molecule has 1 N–H and O–H groups in total. The second-order valence-corrected chi connectivity index (χ2v) is 11.2. The van der Waals surface area contributed by atoms with Crippen LogP contribution in [0.2, 0.25) is 10.0 Å². The highest BCUT2D eigenvalue weighted by Gasteiger charge is 2.23. The Morgan fingerprint density at radius 1 is 0.946 bits per heavy atom. The highest BCUT2D eigenvalue weighted by Crippen LogP contribution is 2.31. The Kier molecular flexibility index (Phi) is 6.77. The minimum atomic E-state index is -3.93. The van der Waals surface area contributed by atoms with Gasteiger partial charge in [0, 0.05) is 29.5 Å². The Morgan fingerprint density at radius 2 is 1.62 bits per heavy atom. The van der Waals surface area contributed by atoms with Crippen molar-refractivity contribution in [2.75, 3.05) is 5.32 Å². The molecular weight excluding hydrogens is 529 g/mol. The molecule has 186 valence electrons. The lowest BCUT2D eigenvalue weighted by Gasteiger charge is -2.10. The number of aromatic nitrogens is 2. The quantitative estimate of drug-likeness (QED) is 0.254. The third-order valence-corrected chi connectivity index (χ3v) is 8.28. The van der Waals surface area contributed by atoms with Crippen molar-refractivity contribution in [3.05, 3.63) is 124 Å². The molecule has 1 amide bonds. The fourth-order valence-electron chi connectivity index (χ4n) is 4.10. The van der Waals surface area contributed by atoms with Crippen molar-refractivity contribution in [1.82, 2.24) is 8.96 Å². The standard InChI is InChI=1S/C28H21Cl2N3O3S/c1-18-7-10-22(11-8-18)37(35,36)33-17-21(13-19-5-3-2-4-6-19)23-12-9-20(14-26(23)33)28(34)32-27-24(29)15-31-16-25(27)30/h2-12,14-17H,13H2,1H3,(H,31,32,34). The van der Waals surface area contributed by atoms with E-state index in [0.717, 1.165) is 22.1 Å². The number of benzene rings is 3. The second-order valence-electron chi connectivity index (χ2n) is 8.59. The van der Waals surface area contributed by atoms with E-state index in [1.165, 1.54) is 16.4 Å². The van der Waals surface area contributed by atoms with Gasteiger partial charge in [0.25, 0.3) is 15.9 Å². The molecule has 0 aliphatic heterocycles. The van der Waals surface area contributed by atoms with Crippen LogP contribution in [0.1, 0.15) is 27.0 Å². The van der Waals surface area contributed by atoms with Crippen LogP contribution in [0.25, 0.3) is 10.9 Å². The zero-order valence-electron chi connectivity index (χ0n) is 19.7. The molecule has 6 nitrogen and oxygen atoms in total. The molecule has 3 aromatic carbocycles. The SMILES string of the molecule is Cc1ccc(S(=O)(=O)n2cc(Cc3ccccc3)c3ccc(C(=O)Nc4c(Cl)cncc4Cl)cc32)cc1. The van der Waals surface area contributed by atoms with Gasteiger partial charge in [-0.2, -0.15) is 0 Å². The predicted molar refractivity (Wildman–Crippen MR) is 147 cm³/mol. The van der Waals surface area contributed by atoms with Gasteiger partial charge in [-0.1, -0.05) is 77.3 Å². The lowest BCUT2D eigenvalue weighted by atomic mass is 10.0. The van der Waals surface area contributed by atoms with Crippen molar-refractivity contribution in [3.63, 3.8) is 0 Å². The number of hydrogen-bond donors (Lipinski definition) is 1. The maximum atomic E-state index is 13.7. The summed E-state index contributed by atoms with van der Waals surface area (Å²) in [5.41, 5.74) is 3.69. The lowest BCUT2D eigenvalue weighted by Crippen LogP contribution is -2.14. The number of nitrogens with zero attached hydrogens (tertiary/aromatic N) is 2. The van der Waals surface area contributed by atoms with Crippen molar-refractivity contribution >= 4 is 55.7 Å². The normalized spacial score (nSPS) is 11.5. The third-order valence-electron chi connectivity index (χ3n) is 6.02. The van der Waals surface area contributed by atoms with Crippen LogP contribution >= 0.6 is 23.2 Å². The molecule has 5 rings (SSSR count). The molecular formula is C28H21Cl2N3O3S. The molecule has 5 aromatic rings. The molecule has 0 spiro atoms. The number of aryl methyl sites for hydroxylation is 1. The molecule has 37 heavy (non-hydrogen) atoms. The topological polar surface area (TPSA) is 81.1 Å². The molecule has 0 saturated heterocycles. The first-order chi connectivity index (χ1) is 17.7. The van der Waals surface area contributed by atoms with Crippen LogP contribution in [-0.4, -0.2) is 23.3 Å². The Labute approximate surface area is 224 Å². The fraction of sp³-hybridized carbons (Fsp3) is 0.0714. The number of anilines is 1. The zero-order valence-corrected chi connectivity index (χ0v) is 22.0. The highest BCUT2D eigenvalue weighted by molar-refractivity contribution is 7.90. The average Bonchev–Trinajstić information content (AvgIpc) is 3.25. The van der Waals surface area contributed by atoms with E-state index in [1.54, 1.807) is 48.7 Å². The smallest absolute Gasteiger partial charge is 0.268 e. The van der Waals surface area contributed by atoms with Gasteiger partial charge in [-0.05, 0) is 48.7 Å². The van der Waals surface area contributed by atoms with E-state index in [1.807, 2.05) is 37.3 Å². The number of carbonyl (C=O) groups excluding carboxylic acids is 1. The number of carbonyl (C=O) groups is 1. The Balaban J connectivity index is 1.63. The molecule has 0 unspecified atom stereocenters. The molecule has 0 fully saturated rings. The minimum absolute atomic E-state index is 0.159. The van der Waals surface area contributed by atoms with Gasteiger partial charge in [0.2, 0.25) is 0 Å². The van der Waals surface area contributed by atoms with E-state index in [-0.39, 0.29) is 26.2 Å². The summed E-state index contributed by atoms with van der Waals surface area (Å²) in [6.07, 6.45) is 4.91. The van der Waals surface area contributed by atoms with Crippen LogP contribution in [0, 0.1) is 6.92 Å². The zero-order chi connectivity index (χ0) is 26.2. The highest BCUT2D eigenvalue weighted by atomic mass is 35.5. The van der Waals surface area contributed by atoms with E-state index >= 15 is 0 Å². The number of fused-ring (bicyclic) bond motifs is 1. The first-order valence-electron chi connectivity index (χ1n) is 11.3. The molecule has 0 atom stereocenters. The molecule has 0 aliphatic rings. The van der Waals surface area contributed by atoms with Gasteiger partial charge in [0.1, 0.15) is 0 Å². The van der Waals surface area contributed by atoms with Crippen molar-refractivity contribution in [2.45, 2.75) is 18.2 Å². The van der Waals surface area contributed by atoms with E-state index in [0.29, 0.717) is 11.9 Å². The van der Waals surface area contributed by atoms with E-state index in [2.05, 4.69) is 10.3 Å². The largest absolute Gasteiger partial charge is 0.319 e. The van der Waals surface area contributed by atoms with Gasteiger partial charge in [-0.3, -0.25) is 9.78 Å². The number of rotatable bonds is 6. The first-order valence-corrected chi connectivity index (χ1v) is 13.5. The van der Waals surface area contributed by atoms with Crippen LogP contribution < -0.4 is 5.32 Å². The number of amides is 1. The molecule has 2 aromatic heterocycles. The summed E-state index contributed by atoms with van der Waals surface area (Å²) in [5, 5.41) is 3.82. The van der Waals surface area contributed by atoms with Crippen LogP contribution in [0.3, 0.4) is 0 Å². The van der Waals surface area contributed by atoms with Crippen LogP contribution in [0.15, 0.2) is 96.3 Å². The first kappa shape index (κ1) is 25.0. The lowest BCUT2D eigenvalue weighted by molar-refractivity contribution is 0.102. The van der Waals surface area contributed by atoms with Crippen molar-refractivity contribution in [2.24, 2.45) is 0 Å². The number of halogens is 2. The van der Waals surface area contributed by atoms with Crippen molar-refractivity contribution < 1.29 is 13.2 Å². The number of nitrogens with one attached hydrogen (secondary N) is 1. The average molecular weight is 550 g/mol. The Bertz CT molecular complexity index is 1710. The summed E-state index contributed by atoms with van der Waals surface area (Å²) in [7, 11) is -3.93. The Hall–Kier alpha value is -3.65. The van der Waals surface area contributed by atoms with Gasteiger partial charge < -0.3 is 5.32 Å². The summed E-state index contributed by atoms with van der Waals surface area (Å²) in [4.78, 5) is 17.2. The second kappa shape index (κ2) is 10.0. The summed E-state index contributed by atoms with van der Waals surface area (Å²) < 4.78 is 28.7. The van der Waals surface area contributed by atoms with Crippen molar-refractivity contribution in [1.29, 1.82) is 0 Å². The molecule has 0 aliphatic carbocycles. The van der Waals surface area contributed by atoms with Crippen LogP contribution in [-0.2, 0) is 16.4 Å². The maximum Gasteiger partial charge on any atom is 0.268 e. The molecule has 0 bridgehead atoms. The fourth-order valence-corrected chi connectivity index (χ4v) is 5.95. The van der Waals surface area contributed by atoms with Crippen LogP contribution in [0.4, 0.5) is 5.69 Å². The van der Waals surface area contributed by atoms with E-state index < -0.39 is 15.9 Å². The monoisotopic (exact) mass is 549 g/mol. The van der Waals surface area contributed by atoms with Gasteiger partial charge in [0.15, 0.2) is 0 Å². The van der Waals surface area contributed by atoms with Gasteiger partial charge in [-0.25, -0.2) is 12.4 Å². The maximum absolute atomic E-state index is 13.7. The van der Waals surface area contributed by atoms with Gasteiger partial charge in [0.05, 0.1) is 26.1 Å². The van der Waals surface area contributed by atoms with Crippen LogP contribution in [0.5, 0.6) is 0 Å². The summed E-state index contributed by atoms with van der Waals surface area (Å²) in [5.74, 6) is -0.484. The Morgan fingerprint density at radius 3 is 2.30 bits per heavy atom. The molecule has 9 heteroatoms. The molecule has 2 heterocycles. The predicted octanol–water partition coefficient (Wildman–Crippen LogP) is 6.73. The van der Waals surface area contributed by atoms with E-state index in [9.17, 15) is 13.2 Å². The minimum Gasteiger partial charge on any atom is -0.319 e. The number of hydrogen-bond acceptors (Lipinski definition) is 4. The molecule has 0 radical (unpaired) electrons. The summed E-state index contributed by atoms with van der Waals surface area (Å²) in [6, 6.07) is 21.4. The number of pyridine rings is 1. The van der Waals surface area contributed by atoms with Gasteiger partial charge >= 0.3 is 0 Å². The third kappa shape index (κ3) is 4.98. The summed E-state index contributed by atoms with van der Waals surface area (Å²) >= 11 is 12.3.